The van der Waals surface area contributed by atoms with Gasteiger partial charge in [0.1, 0.15) is 10.6 Å². The molecule has 3 aromatic rings. The van der Waals surface area contributed by atoms with E-state index in [1.165, 1.54) is 0 Å². The molecule has 1 N–H and O–H groups in total. The number of fused-ring (bicyclic) bond motifs is 1. The minimum atomic E-state index is 0.395. The zero-order valence-electron chi connectivity index (χ0n) is 11.3. The number of benzene rings is 1. The summed E-state index contributed by atoms with van der Waals surface area (Å²) < 4.78 is 5.86. The Morgan fingerprint density at radius 2 is 2.05 bits per heavy atom. The van der Waals surface area contributed by atoms with Crippen molar-refractivity contribution >= 4 is 27.5 Å². The molecule has 0 aliphatic carbocycles. The second-order valence-corrected chi connectivity index (χ2v) is 5.22. The number of anilines is 1. The third-order valence-corrected chi connectivity index (χ3v) is 3.74. The van der Waals surface area contributed by atoms with Gasteiger partial charge in [0.15, 0.2) is 0 Å². The summed E-state index contributed by atoms with van der Waals surface area (Å²) in [4.78, 5) is 9.61. The van der Waals surface area contributed by atoms with Crippen LogP contribution in [-0.2, 0) is 6.42 Å². The Morgan fingerprint density at radius 3 is 2.76 bits per heavy atom. The molecular weight excluding hydrogens is 284 g/mol. The average molecular weight is 296 g/mol. The third kappa shape index (κ3) is 2.78. The minimum absolute atomic E-state index is 0.395. The molecule has 6 heteroatoms. The van der Waals surface area contributed by atoms with Crippen LogP contribution in [0.5, 0.6) is 11.6 Å². The van der Waals surface area contributed by atoms with Crippen LogP contribution in [0.3, 0.4) is 0 Å². The van der Waals surface area contributed by atoms with E-state index in [1.807, 2.05) is 35.7 Å². The highest BCUT2D eigenvalue weighted by Crippen LogP contribution is 2.31. The first-order valence-electron chi connectivity index (χ1n) is 6.37. The fraction of sp³-hybridized carbons (Fsp3) is 0.133. The fourth-order valence-electron chi connectivity index (χ4n) is 1.90. The minimum Gasteiger partial charge on any atom is -0.438 e. The van der Waals surface area contributed by atoms with Crippen LogP contribution in [0.25, 0.3) is 10.2 Å². The van der Waals surface area contributed by atoms with Crippen molar-refractivity contribution in [3.8, 4) is 17.7 Å². The number of nitrogens with one attached hydrogen (secondary N) is 1. The summed E-state index contributed by atoms with van der Waals surface area (Å²) >= 11 is 1.54. The summed E-state index contributed by atoms with van der Waals surface area (Å²) in [5, 5.41) is 14.5. The van der Waals surface area contributed by atoms with E-state index in [2.05, 4.69) is 21.4 Å². The number of hydrogen-bond acceptors (Lipinski definition) is 6. The predicted molar refractivity (Wildman–Crippen MR) is 82.8 cm³/mol. The predicted octanol–water partition coefficient (Wildman–Crippen LogP) is 3.59. The van der Waals surface area contributed by atoms with Gasteiger partial charge in [-0.1, -0.05) is 12.1 Å². The van der Waals surface area contributed by atoms with Gasteiger partial charge in [0.25, 0.3) is 0 Å². The van der Waals surface area contributed by atoms with E-state index in [-0.39, 0.29) is 0 Å². The van der Waals surface area contributed by atoms with Gasteiger partial charge in [0.05, 0.1) is 17.9 Å². The lowest BCUT2D eigenvalue weighted by molar-refractivity contribution is 0.469. The van der Waals surface area contributed by atoms with Crippen LogP contribution in [-0.4, -0.2) is 17.0 Å². The lowest BCUT2D eigenvalue weighted by Gasteiger charge is -2.08. The Bertz CT molecular complexity index is 805. The molecule has 0 aliphatic heterocycles. The van der Waals surface area contributed by atoms with Crippen LogP contribution in [0, 0.1) is 11.3 Å². The summed E-state index contributed by atoms with van der Waals surface area (Å²) in [5.41, 5.74) is 0.962. The topological polar surface area (TPSA) is 70.8 Å². The van der Waals surface area contributed by atoms with E-state index >= 15 is 0 Å². The summed E-state index contributed by atoms with van der Waals surface area (Å²) in [6, 6.07) is 11.5. The maximum Gasteiger partial charge on any atom is 0.232 e. The average Bonchev–Trinajstić information content (AvgIpc) is 2.98. The van der Waals surface area contributed by atoms with Gasteiger partial charge in [0, 0.05) is 7.05 Å². The van der Waals surface area contributed by atoms with Crippen LogP contribution < -0.4 is 10.1 Å². The molecule has 0 fully saturated rings. The number of thiophene rings is 1. The molecule has 0 unspecified atom stereocenters. The Morgan fingerprint density at radius 1 is 1.24 bits per heavy atom. The molecule has 0 aliphatic rings. The largest absolute Gasteiger partial charge is 0.438 e. The molecule has 3 rings (SSSR count). The highest BCUT2D eigenvalue weighted by Gasteiger charge is 2.10. The van der Waals surface area contributed by atoms with Gasteiger partial charge in [-0.25, -0.2) is 4.98 Å². The number of hydrogen-bond donors (Lipinski definition) is 1. The Kier molecular flexibility index (Phi) is 3.67. The fourth-order valence-corrected chi connectivity index (χ4v) is 2.65. The Balaban J connectivity index is 1.93. The Labute approximate surface area is 125 Å². The van der Waals surface area contributed by atoms with Gasteiger partial charge < -0.3 is 10.1 Å². The third-order valence-electron chi connectivity index (χ3n) is 2.93. The number of rotatable bonds is 4. The molecular formula is C15H12N4OS. The van der Waals surface area contributed by atoms with Crippen LogP contribution in [0.15, 0.2) is 35.7 Å². The maximum absolute atomic E-state index is 8.67. The van der Waals surface area contributed by atoms with Crippen molar-refractivity contribution in [2.75, 3.05) is 12.4 Å². The van der Waals surface area contributed by atoms with Gasteiger partial charge in [-0.3, -0.25) is 0 Å². The molecule has 21 heavy (non-hydrogen) atoms. The molecule has 2 heterocycles. The monoisotopic (exact) mass is 296 g/mol. The van der Waals surface area contributed by atoms with Crippen molar-refractivity contribution < 1.29 is 4.74 Å². The van der Waals surface area contributed by atoms with Crippen LogP contribution in [0.1, 0.15) is 5.56 Å². The van der Waals surface area contributed by atoms with Gasteiger partial charge in [0.2, 0.25) is 11.8 Å². The van der Waals surface area contributed by atoms with Gasteiger partial charge in [-0.15, -0.1) is 11.3 Å². The van der Waals surface area contributed by atoms with Gasteiger partial charge in [-0.05, 0) is 29.1 Å². The molecule has 104 valence electrons. The number of nitriles is 1. The van der Waals surface area contributed by atoms with E-state index in [1.54, 1.807) is 18.4 Å². The van der Waals surface area contributed by atoms with Crippen molar-refractivity contribution in [1.82, 2.24) is 9.97 Å². The Hall–Kier alpha value is -2.65. The van der Waals surface area contributed by atoms with Crippen molar-refractivity contribution in [2.45, 2.75) is 6.42 Å². The van der Waals surface area contributed by atoms with Crippen LogP contribution in [0.2, 0.25) is 0 Å². The molecule has 0 atom stereocenters. The lowest BCUT2D eigenvalue weighted by atomic mass is 10.2. The molecule has 0 spiro atoms. The molecule has 0 bridgehead atoms. The van der Waals surface area contributed by atoms with Crippen molar-refractivity contribution in [1.29, 1.82) is 5.26 Å². The quantitative estimate of drug-likeness (QED) is 0.796. The van der Waals surface area contributed by atoms with Crippen molar-refractivity contribution in [3.63, 3.8) is 0 Å². The highest BCUT2D eigenvalue weighted by molar-refractivity contribution is 7.16. The smallest absolute Gasteiger partial charge is 0.232 e. The maximum atomic E-state index is 8.67. The zero-order valence-corrected chi connectivity index (χ0v) is 12.1. The number of ether oxygens (including phenoxy) is 1. The lowest BCUT2D eigenvalue weighted by Crippen LogP contribution is -1.98. The molecule has 0 radical (unpaired) electrons. The van der Waals surface area contributed by atoms with Gasteiger partial charge >= 0.3 is 0 Å². The van der Waals surface area contributed by atoms with E-state index in [0.717, 1.165) is 15.8 Å². The second-order valence-electron chi connectivity index (χ2n) is 4.32. The van der Waals surface area contributed by atoms with Gasteiger partial charge in [-0.2, -0.15) is 10.2 Å². The zero-order chi connectivity index (χ0) is 14.7. The molecule has 0 amide bonds. The number of aromatic nitrogens is 2. The summed E-state index contributed by atoms with van der Waals surface area (Å²) in [6.45, 7) is 0. The molecule has 0 saturated carbocycles. The van der Waals surface area contributed by atoms with E-state index in [0.29, 0.717) is 24.0 Å². The molecule has 2 aromatic heterocycles. The first-order valence-corrected chi connectivity index (χ1v) is 7.25. The standard InChI is InChI=1S/C15H12N4OS/c1-17-15-18-13(12-7-9-21-14(12)19-15)20-11-4-2-10(3-5-11)6-8-16/h2-5,7,9H,6H2,1H3,(H,17,18,19). The van der Waals surface area contributed by atoms with Crippen molar-refractivity contribution in [3.05, 3.63) is 41.3 Å². The summed E-state index contributed by atoms with van der Waals surface area (Å²) in [6.07, 6.45) is 0.395. The first-order chi connectivity index (χ1) is 10.3. The van der Waals surface area contributed by atoms with E-state index in [4.69, 9.17) is 10.00 Å². The van der Waals surface area contributed by atoms with Crippen molar-refractivity contribution in [2.24, 2.45) is 0 Å². The molecule has 0 saturated heterocycles. The van der Waals surface area contributed by atoms with Crippen LogP contribution >= 0.6 is 11.3 Å². The number of nitrogens with zero attached hydrogens (tertiary/aromatic N) is 3. The SMILES string of the molecule is CNc1nc(Oc2ccc(CC#N)cc2)c2ccsc2n1. The van der Waals surface area contributed by atoms with E-state index in [9.17, 15) is 0 Å². The normalized spacial score (nSPS) is 10.3. The second kappa shape index (κ2) is 5.77. The van der Waals surface area contributed by atoms with E-state index < -0.39 is 0 Å². The van der Waals surface area contributed by atoms with Crippen LogP contribution in [0.4, 0.5) is 5.95 Å². The highest BCUT2D eigenvalue weighted by atomic mass is 32.1. The first kappa shape index (κ1) is 13.3. The summed E-state index contributed by atoms with van der Waals surface area (Å²) in [7, 11) is 1.77. The molecule has 5 nitrogen and oxygen atoms in total. The molecule has 1 aromatic carbocycles. The summed E-state index contributed by atoms with van der Waals surface area (Å²) in [5.74, 6) is 1.74.